The van der Waals surface area contributed by atoms with E-state index in [0.29, 0.717) is 0 Å². The maximum Gasteiger partial charge on any atom is 0.0907 e. The molecule has 0 bridgehead atoms. The average molecular weight is 269 g/mol. The van der Waals surface area contributed by atoms with E-state index in [1.165, 1.54) is 5.56 Å². The predicted molar refractivity (Wildman–Crippen MR) is 83.2 cm³/mol. The van der Waals surface area contributed by atoms with Gasteiger partial charge in [0.1, 0.15) is 0 Å². The highest BCUT2D eigenvalue weighted by Gasteiger charge is 2.06. The number of thiazole rings is 1. The fourth-order valence-corrected chi connectivity index (χ4v) is 2.95. The molecule has 96 valence electrons. The molecule has 0 spiro atoms. The summed E-state index contributed by atoms with van der Waals surface area (Å²) in [5.41, 5.74) is 11.0. The summed E-state index contributed by atoms with van der Waals surface area (Å²) in [4.78, 5) is 4.50. The van der Waals surface area contributed by atoms with E-state index in [1.807, 2.05) is 31.2 Å². The van der Waals surface area contributed by atoms with Crippen molar-refractivity contribution in [2.24, 2.45) is 0 Å². The van der Waals surface area contributed by atoms with Crippen molar-refractivity contribution >= 4 is 38.6 Å². The Labute approximate surface area is 116 Å². The summed E-state index contributed by atoms with van der Waals surface area (Å²) in [6, 6.07) is 12.2. The van der Waals surface area contributed by atoms with Gasteiger partial charge >= 0.3 is 0 Å². The SMILES string of the molecule is Cc1cccc(Nc2cc3nc(C)sc3cc2N)c1. The monoisotopic (exact) mass is 269 g/mol. The summed E-state index contributed by atoms with van der Waals surface area (Å²) in [5, 5.41) is 4.41. The zero-order valence-corrected chi connectivity index (χ0v) is 11.7. The molecule has 1 aromatic heterocycles. The van der Waals surface area contributed by atoms with E-state index in [0.717, 1.165) is 32.3 Å². The van der Waals surface area contributed by atoms with Crippen LogP contribution >= 0.6 is 11.3 Å². The standard InChI is InChI=1S/C15H15N3S/c1-9-4-3-5-11(6-9)18-13-8-14-15(7-12(13)16)19-10(2)17-14/h3-8,18H,16H2,1-2H3. The minimum absolute atomic E-state index is 0.748. The van der Waals surface area contributed by atoms with Crippen LogP contribution in [0.4, 0.5) is 17.1 Å². The van der Waals surface area contributed by atoms with Crippen LogP contribution in [0, 0.1) is 13.8 Å². The number of nitrogen functional groups attached to an aromatic ring is 1. The van der Waals surface area contributed by atoms with E-state index in [2.05, 4.69) is 29.4 Å². The molecule has 0 fully saturated rings. The topological polar surface area (TPSA) is 50.9 Å². The van der Waals surface area contributed by atoms with Crippen LogP contribution in [-0.2, 0) is 0 Å². The number of fused-ring (bicyclic) bond motifs is 1. The third-order valence-corrected chi connectivity index (χ3v) is 3.90. The van der Waals surface area contributed by atoms with E-state index in [1.54, 1.807) is 11.3 Å². The van der Waals surface area contributed by atoms with E-state index in [9.17, 15) is 0 Å². The van der Waals surface area contributed by atoms with Crippen LogP contribution in [0.3, 0.4) is 0 Å². The number of nitrogens with zero attached hydrogens (tertiary/aromatic N) is 1. The molecule has 0 aliphatic rings. The first-order valence-electron chi connectivity index (χ1n) is 6.12. The summed E-state index contributed by atoms with van der Waals surface area (Å²) in [6.07, 6.45) is 0. The van der Waals surface area contributed by atoms with Gasteiger partial charge in [-0.15, -0.1) is 11.3 Å². The second kappa shape index (κ2) is 4.55. The maximum atomic E-state index is 6.10. The van der Waals surface area contributed by atoms with Crippen LogP contribution in [-0.4, -0.2) is 4.98 Å². The predicted octanol–water partition coefficient (Wildman–Crippen LogP) is 4.24. The number of anilines is 3. The molecule has 0 aliphatic carbocycles. The summed E-state index contributed by atoms with van der Waals surface area (Å²) in [5.74, 6) is 0. The highest BCUT2D eigenvalue weighted by Crippen LogP contribution is 2.31. The minimum atomic E-state index is 0.748. The molecule has 0 atom stereocenters. The van der Waals surface area contributed by atoms with Crippen LogP contribution in [0.2, 0.25) is 0 Å². The number of nitrogens with one attached hydrogen (secondary N) is 1. The first-order valence-corrected chi connectivity index (χ1v) is 6.94. The van der Waals surface area contributed by atoms with Crippen LogP contribution in [0.25, 0.3) is 10.2 Å². The van der Waals surface area contributed by atoms with Crippen LogP contribution in [0.5, 0.6) is 0 Å². The van der Waals surface area contributed by atoms with Crippen molar-refractivity contribution in [2.75, 3.05) is 11.1 Å². The van der Waals surface area contributed by atoms with Crippen molar-refractivity contribution in [3.05, 3.63) is 47.0 Å². The first kappa shape index (κ1) is 12.0. The van der Waals surface area contributed by atoms with E-state index in [-0.39, 0.29) is 0 Å². The minimum Gasteiger partial charge on any atom is -0.397 e. The first-order chi connectivity index (χ1) is 9.11. The normalized spacial score (nSPS) is 10.8. The number of nitrogens with two attached hydrogens (primary N) is 1. The maximum absolute atomic E-state index is 6.10. The number of hydrogen-bond donors (Lipinski definition) is 2. The molecular weight excluding hydrogens is 254 g/mol. The number of benzene rings is 2. The molecule has 2 aromatic carbocycles. The molecule has 0 amide bonds. The second-order valence-electron chi connectivity index (χ2n) is 4.63. The lowest BCUT2D eigenvalue weighted by Crippen LogP contribution is -1.96. The Bertz CT molecular complexity index is 746. The fourth-order valence-electron chi connectivity index (χ4n) is 2.09. The molecule has 1 heterocycles. The van der Waals surface area contributed by atoms with Gasteiger partial charge in [-0.2, -0.15) is 0 Å². The molecular formula is C15H15N3S. The Balaban J connectivity index is 2.02. The van der Waals surface area contributed by atoms with Gasteiger partial charge in [-0.1, -0.05) is 12.1 Å². The van der Waals surface area contributed by atoms with Crippen molar-refractivity contribution in [2.45, 2.75) is 13.8 Å². The van der Waals surface area contributed by atoms with Gasteiger partial charge in [0.05, 0.1) is 26.6 Å². The lowest BCUT2D eigenvalue weighted by molar-refractivity contribution is 1.35. The number of hydrogen-bond acceptors (Lipinski definition) is 4. The molecule has 3 nitrogen and oxygen atoms in total. The summed E-state index contributed by atoms with van der Waals surface area (Å²) >= 11 is 1.66. The quantitative estimate of drug-likeness (QED) is 0.684. The Hall–Kier alpha value is -2.07. The van der Waals surface area contributed by atoms with Crippen LogP contribution < -0.4 is 11.1 Å². The third-order valence-electron chi connectivity index (χ3n) is 2.96. The molecule has 0 aliphatic heterocycles. The van der Waals surface area contributed by atoms with Gasteiger partial charge in [-0.3, -0.25) is 0 Å². The summed E-state index contributed by atoms with van der Waals surface area (Å²) in [7, 11) is 0. The number of aromatic nitrogens is 1. The van der Waals surface area contributed by atoms with Gasteiger partial charge in [-0.25, -0.2) is 4.98 Å². The average Bonchev–Trinajstić information content (AvgIpc) is 2.69. The Kier molecular flexibility index (Phi) is 2.87. The zero-order valence-electron chi connectivity index (χ0n) is 10.9. The van der Waals surface area contributed by atoms with Crippen molar-refractivity contribution in [1.29, 1.82) is 0 Å². The fraction of sp³-hybridized carbons (Fsp3) is 0.133. The van der Waals surface area contributed by atoms with Crippen molar-refractivity contribution in [3.63, 3.8) is 0 Å². The lowest BCUT2D eigenvalue weighted by atomic mass is 10.2. The van der Waals surface area contributed by atoms with Gasteiger partial charge in [0, 0.05) is 5.69 Å². The number of aryl methyl sites for hydroxylation is 2. The molecule has 19 heavy (non-hydrogen) atoms. The molecule has 0 saturated carbocycles. The molecule has 3 rings (SSSR count). The molecule has 3 aromatic rings. The van der Waals surface area contributed by atoms with E-state index >= 15 is 0 Å². The molecule has 0 saturated heterocycles. The molecule has 0 unspecified atom stereocenters. The van der Waals surface area contributed by atoms with Gasteiger partial charge in [0.2, 0.25) is 0 Å². The summed E-state index contributed by atoms with van der Waals surface area (Å²) < 4.78 is 1.13. The molecule has 0 radical (unpaired) electrons. The molecule has 3 N–H and O–H groups in total. The number of rotatable bonds is 2. The largest absolute Gasteiger partial charge is 0.397 e. The van der Waals surface area contributed by atoms with Gasteiger partial charge in [-0.05, 0) is 43.7 Å². The zero-order chi connectivity index (χ0) is 13.4. The van der Waals surface area contributed by atoms with E-state index < -0.39 is 0 Å². The van der Waals surface area contributed by atoms with Gasteiger partial charge < -0.3 is 11.1 Å². The highest BCUT2D eigenvalue weighted by atomic mass is 32.1. The Morgan fingerprint density at radius 2 is 2.00 bits per heavy atom. The van der Waals surface area contributed by atoms with Crippen LogP contribution in [0.1, 0.15) is 10.6 Å². The van der Waals surface area contributed by atoms with Crippen molar-refractivity contribution in [1.82, 2.24) is 4.98 Å². The Morgan fingerprint density at radius 1 is 1.16 bits per heavy atom. The second-order valence-corrected chi connectivity index (χ2v) is 5.87. The molecule has 4 heteroatoms. The summed E-state index contributed by atoms with van der Waals surface area (Å²) in [6.45, 7) is 4.08. The Morgan fingerprint density at radius 3 is 2.79 bits per heavy atom. The van der Waals surface area contributed by atoms with Gasteiger partial charge in [0.25, 0.3) is 0 Å². The van der Waals surface area contributed by atoms with Crippen molar-refractivity contribution < 1.29 is 0 Å². The lowest BCUT2D eigenvalue weighted by Gasteiger charge is -2.09. The smallest absolute Gasteiger partial charge is 0.0907 e. The van der Waals surface area contributed by atoms with Gasteiger partial charge in [0.15, 0.2) is 0 Å². The van der Waals surface area contributed by atoms with Crippen LogP contribution in [0.15, 0.2) is 36.4 Å². The highest BCUT2D eigenvalue weighted by molar-refractivity contribution is 7.18. The third kappa shape index (κ3) is 2.39. The van der Waals surface area contributed by atoms with Crippen molar-refractivity contribution in [3.8, 4) is 0 Å². The van der Waals surface area contributed by atoms with E-state index in [4.69, 9.17) is 5.73 Å².